The quantitative estimate of drug-likeness (QED) is 0.919. The molecule has 2 unspecified atom stereocenters. The van der Waals surface area contributed by atoms with Crippen molar-refractivity contribution in [3.63, 3.8) is 0 Å². The molecule has 0 saturated carbocycles. The number of hydrogen-bond acceptors (Lipinski definition) is 4. The van der Waals surface area contributed by atoms with Gasteiger partial charge in [-0.15, -0.1) is 0 Å². The van der Waals surface area contributed by atoms with Crippen molar-refractivity contribution in [1.82, 2.24) is 0 Å². The molecule has 0 aliphatic rings. The lowest BCUT2D eigenvalue weighted by Crippen LogP contribution is -2.30. The Morgan fingerprint density at radius 2 is 2.00 bits per heavy atom. The van der Waals surface area contributed by atoms with E-state index in [4.69, 9.17) is 10.5 Å². The maximum absolute atomic E-state index is 11.5. The van der Waals surface area contributed by atoms with E-state index in [1.807, 2.05) is 0 Å². The maximum atomic E-state index is 11.5. The van der Waals surface area contributed by atoms with E-state index in [2.05, 4.69) is 15.9 Å². The Balaban J connectivity index is 3.09. The normalized spacial score (nSPS) is 15.4. The van der Waals surface area contributed by atoms with Gasteiger partial charge in [-0.25, -0.2) is 8.42 Å². The van der Waals surface area contributed by atoms with Crippen LogP contribution in [0.15, 0.2) is 22.7 Å². The summed E-state index contributed by atoms with van der Waals surface area (Å²) in [6, 6.07) is 4.74. The first-order valence-electron chi connectivity index (χ1n) is 5.05. The predicted molar refractivity (Wildman–Crippen MR) is 71.9 cm³/mol. The summed E-state index contributed by atoms with van der Waals surface area (Å²) in [5.74, 6) is 0.694. The molecule has 0 aromatic heterocycles. The van der Waals surface area contributed by atoms with Crippen LogP contribution in [0.3, 0.4) is 0 Å². The number of hydrogen-bond donors (Lipinski definition) is 1. The van der Waals surface area contributed by atoms with Gasteiger partial charge in [0.1, 0.15) is 5.75 Å². The number of sulfone groups is 1. The molecule has 2 N–H and O–H groups in total. The Morgan fingerprint density at radius 1 is 1.41 bits per heavy atom. The van der Waals surface area contributed by atoms with Crippen molar-refractivity contribution in [1.29, 1.82) is 0 Å². The fourth-order valence-corrected chi connectivity index (χ4v) is 2.73. The van der Waals surface area contributed by atoms with Crippen molar-refractivity contribution in [3.8, 4) is 5.75 Å². The van der Waals surface area contributed by atoms with Gasteiger partial charge in [-0.2, -0.15) is 0 Å². The van der Waals surface area contributed by atoms with Gasteiger partial charge in [0.05, 0.1) is 12.4 Å². The summed E-state index contributed by atoms with van der Waals surface area (Å²) in [5.41, 5.74) is 6.72. The van der Waals surface area contributed by atoms with E-state index in [0.717, 1.165) is 10.0 Å². The van der Waals surface area contributed by atoms with Gasteiger partial charge in [0.2, 0.25) is 0 Å². The summed E-state index contributed by atoms with van der Waals surface area (Å²) in [5, 5.41) is -0.632. The lowest BCUT2D eigenvalue weighted by molar-refractivity contribution is 0.414. The standard InChI is InChI=1S/C11H16BrNO3S/c1-7(17(3,14)15)11(13)9-5-4-8(16-2)6-10(9)12/h4-7,11H,13H2,1-3H3. The minimum atomic E-state index is -3.16. The van der Waals surface area contributed by atoms with Gasteiger partial charge < -0.3 is 10.5 Å². The molecule has 0 fully saturated rings. The van der Waals surface area contributed by atoms with Gasteiger partial charge in [-0.05, 0) is 24.6 Å². The van der Waals surface area contributed by atoms with Crippen LogP contribution < -0.4 is 10.5 Å². The lowest BCUT2D eigenvalue weighted by Gasteiger charge is -2.20. The van der Waals surface area contributed by atoms with E-state index >= 15 is 0 Å². The molecule has 96 valence electrons. The molecule has 0 saturated heterocycles. The fourth-order valence-electron chi connectivity index (χ4n) is 1.42. The lowest BCUT2D eigenvalue weighted by atomic mass is 10.1. The molecule has 0 aliphatic carbocycles. The molecular formula is C11H16BrNO3S. The van der Waals surface area contributed by atoms with Gasteiger partial charge in [-0.1, -0.05) is 22.0 Å². The summed E-state index contributed by atoms with van der Waals surface area (Å²) in [4.78, 5) is 0. The number of benzene rings is 1. The van der Waals surface area contributed by atoms with Crippen molar-refractivity contribution in [2.45, 2.75) is 18.2 Å². The Labute approximate surface area is 110 Å². The fraction of sp³-hybridized carbons (Fsp3) is 0.455. The zero-order valence-electron chi connectivity index (χ0n) is 9.98. The first-order chi connectivity index (χ1) is 7.77. The largest absolute Gasteiger partial charge is 0.497 e. The van der Waals surface area contributed by atoms with Crippen LogP contribution in [0.5, 0.6) is 5.75 Å². The van der Waals surface area contributed by atoms with Crippen molar-refractivity contribution < 1.29 is 13.2 Å². The van der Waals surface area contributed by atoms with Crippen molar-refractivity contribution >= 4 is 25.8 Å². The minimum Gasteiger partial charge on any atom is -0.497 e. The zero-order valence-corrected chi connectivity index (χ0v) is 12.4. The maximum Gasteiger partial charge on any atom is 0.151 e. The minimum absolute atomic E-state index is 0.565. The van der Waals surface area contributed by atoms with Crippen LogP contribution in [0.1, 0.15) is 18.5 Å². The highest BCUT2D eigenvalue weighted by atomic mass is 79.9. The summed E-state index contributed by atoms with van der Waals surface area (Å²) < 4.78 is 28.7. The van der Waals surface area contributed by atoms with E-state index in [-0.39, 0.29) is 0 Å². The van der Waals surface area contributed by atoms with Gasteiger partial charge >= 0.3 is 0 Å². The summed E-state index contributed by atoms with van der Waals surface area (Å²) in [6.45, 7) is 1.61. The Kier molecular flexibility index (Phi) is 4.57. The highest BCUT2D eigenvalue weighted by molar-refractivity contribution is 9.10. The molecule has 1 rings (SSSR count). The van der Waals surface area contributed by atoms with Crippen LogP contribution in [0.25, 0.3) is 0 Å². The van der Waals surface area contributed by atoms with Crippen LogP contribution in [-0.2, 0) is 9.84 Å². The van der Waals surface area contributed by atoms with Crippen LogP contribution in [0, 0.1) is 0 Å². The molecular weight excluding hydrogens is 306 g/mol. The SMILES string of the molecule is COc1ccc(C(N)C(C)S(C)(=O)=O)c(Br)c1. The summed E-state index contributed by atoms with van der Waals surface area (Å²) >= 11 is 3.37. The zero-order chi connectivity index (χ0) is 13.2. The van der Waals surface area contributed by atoms with Crippen LogP contribution in [-0.4, -0.2) is 27.0 Å². The number of halogens is 1. The first kappa shape index (κ1) is 14.5. The van der Waals surface area contributed by atoms with Crippen LogP contribution >= 0.6 is 15.9 Å². The van der Waals surface area contributed by atoms with Gasteiger partial charge in [0, 0.05) is 16.8 Å². The summed E-state index contributed by atoms with van der Waals surface area (Å²) in [7, 11) is -1.59. The third-order valence-electron chi connectivity index (χ3n) is 2.75. The molecule has 0 heterocycles. The molecule has 0 amide bonds. The monoisotopic (exact) mass is 321 g/mol. The number of methoxy groups -OCH3 is 1. The Morgan fingerprint density at radius 3 is 2.41 bits per heavy atom. The number of nitrogens with two attached hydrogens (primary N) is 1. The summed E-state index contributed by atoms with van der Waals surface area (Å²) in [6.07, 6.45) is 1.19. The Bertz CT molecular complexity index is 501. The van der Waals surface area contributed by atoms with E-state index in [0.29, 0.717) is 5.75 Å². The highest BCUT2D eigenvalue weighted by Crippen LogP contribution is 2.29. The van der Waals surface area contributed by atoms with E-state index in [9.17, 15) is 8.42 Å². The third kappa shape index (κ3) is 3.43. The highest BCUT2D eigenvalue weighted by Gasteiger charge is 2.25. The first-order valence-corrected chi connectivity index (χ1v) is 7.80. The van der Waals surface area contributed by atoms with Gasteiger partial charge in [0.25, 0.3) is 0 Å². The molecule has 1 aromatic rings. The third-order valence-corrected chi connectivity index (χ3v) is 5.08. The van der Waals surface area contributed by atoms with E-state index in [1.54, 1.807) is 32.2 Å². The molecule has 6 heteroatoms. The molecule has 0 aliphatic heterocycles. The molecule has 2 atom stereocenters. The second kappa shape index (κ2) is 5.37. The van der Waals surface area contributed by atoms with E-state index < -0.39 is 21.1 Å². The van der Waals surface area contributed by atoms with E-state index in [1.165, 1.54) is 6.26 Å². The van der Waals surface area contributed by atoms with Crippen LogP contribution in [0.2, 0.25) is 0 Å². The van der Waals surface area contributed by atoms with Crippen molar-refractivity contribution in [2.75, 3.05) is 13.4 Å². The molecule has 0 bridgehead atoms. The smallest absolute Gasteiger partial charge is 0.151 e. The average Bonchev–Trinajstić information content (AvgIpc) is 2.25. The molecule has 1 aromatic carbocycles. The van der Waals surface area contributed by atoms with Crippen molar-refractivity contribution in [2.24, 2.45) is 5.73 Å². The second-order valence-corrected chi connectivity index (χ2v) is 7.20. The predicted octanol–water partition coefficient (Wildman–Crippen LogP) is 1.89. The van der Waals surface area contributed by atoms with Gasteiger partial charge in [0.15, 0.2) is 9.84 Å². The Hall–Kier alpha value is -0.590. The second-order valence-electron chi connectivity index (χ2n) is 3.95. The number of rotatable bonds is 4. The number of ether oxygens (including phenoxy) is 1. The molecule has 0 spiro atoms. The average molecular weight is 322 g/mol. The molecule has 4 nitrogen and oxygen atoms in total. The van der Waals surface area contributed by atoms with Crippen molar-refractivity contribution in [3.05, 3.63) is 28.2 Å². The molecule has 17 heavy (non-hydrogen) atoms. The van der Waals surface area contributed by atoms with Gasteiger partial charge in [-0.3, -0.25) is 0 Å². The molecule has 0 radical (unpaired) electrons. The van der Waals surface area contributed by atoms with Crippen LogP contribution in [0.4, 0.5) is 0 Å². The topological polar surface area (TPSA) is 69.4 Å².